The number of sulfonamides is 2. The summed E-state index contributed by atoms with van der Waals surface area (Å²) in [5.41, 5.74) is 0.629. The Hall–Kier alpha value is -1.73. The van der Waals surface area contributed by atoms with Crippen LogP contribution in [0, 0.1) is 0 Å². The number of rotatable bonds is 10. The largest absolute Gasteiger partial charge is 0.450 e. The summed E-state index contributed by atoms with van der Waals surface area (Å²) in [6.07, 6.45) is 4.28. The maximum absolute atomic E-state index is 14.2. The van der Waals surface area contributed by atoms with E-state index in [4.69, 9.17) is 0 Å². The molecule has 0 amide bonds. The van der Waals surface area contributed by atoms with Crippen molar-refractivity contribution in [3.8, 4) is 5.75 Å². The molecule has 0 radical (unpaired) electrons. The summed E-state index contributed by atoms with van der Waals surface area (Å²) in [7, 11) is -21.6. The second kappa shape index (κ2) is 9.54. The molecular weight excluding hydrogens is 578 g/mol. The first kappa shape index (κ1) is 30.5. The summed E-state index contributed by atoms with van der Waals surface area (Å²) in [4.78, 5) is 0. The Morgan fingerprint density at radius 1 is 0.750 bits per heavy atom. The monoisotopic (exact) mass is 596 g/mol. The molecule has 19 heteroatoms. The van der Waals surface area contributed by atoms with Crippen molar-refractivity contribution in [2.45, 2.75) is 66.6 Å². The summed E-state index contributed by atoms with van der Waals surface area (Å²) in [6.45, 7) is -0.565. The molecule has 1 fully saturated rings. The van der Waals surface area contributed by atoms with Gasteiger partial charge in [-0.15, -0.1) is 0 Å². The van der Waals surface area contributed by atoms with E-state index in [2.05, 4.69) is 4.18 Å². The van der Waals surface area contributed by atoms with E-state index in [-0.39, 0.29) is 5.92 Å². The van der Waals surface area contributed by atoms with Gasteiger partial charge in [-0.2, -0.15) is 43.5 Å². The van der Waals surface area contributed by atoms with Gasteiger partial charge in [-0.1, -0.05) is 31.4 Å². The Morgan fingerprint density at radius 3 is 1.67 bits per heavy atom. The third-order valence-corrected chi connectivity index (χ3v) is 9.86. The average Bonchev–Trinajstić information content (AvgIpc) is 2.72. The third kappa shape index (κ3) is 5.42. The van der Waals surface area contributed by atoms with Crippen LogP contribution in [0.1, 0.15) is 50.5 Å². The molecular formula is C17H18F8NO7S3-. The van der Waals surface area contributed by atoms with Gasteiger partial charge in [-0.05, 0) is 36.5 Å². The lowest BCUT2D eigenvalue weighted by Crippen LogP contribution is -2.61. The Bertz CT molecular complexity index is 1270. The number of hydrogen-bond donors (Lipinski definition) is 0. The van der Waals surface area contributed by atoms with Crippen LogP contribution in [0.15, 0.2) is 24.3 Å². The second-order valence-corrected chi connectivity index (χ2v) is 13.2. The summed E-state index contributed by atoms with van der Waals surface area (Å²) in [6, 6.07) is 4.00. The minimum Gasteiger partial charge on any atom is -0.426 e. The predicted octanol–water partition coefficient (Wildman–Crippen LogP) is 4.91. The highest BCUT2D eigenvalue weighted by atomic mass is 32.3. The molecule has 0 heterocycles. The average molecular weight is 597 g/mol. The van der Waals surface area contributed by atoms with Gasteiger partial charge in [0.15, 0.2) is 10.0 Å². The molecule has 1 aromatic carbocycles. The van der Waals surface area contributed by atoms with Crippen molar-refractivity contribution in [2.75, 3.05) is 0 Å². The molecule has 0 bridgehead atoms. The number of benzene rings is 1. The van der Waals surface area contributed by atoms with Crippen molar-refractivity contribution in [2.24, 2.45) is 0 Å². The van der Waals surface area contributed by atoms with E-state index in [9.17, 15) is 60.4 Å². The van der Waals surface area contributed by atoms with E-state index in [0.717, 1.165) is 48.4 Å². The Labute approximate surface area is 201 Å². The van der Waals surface area contributed by atoms with E-state index in [1.807, 2.05) is 0 Å². The lowest BCUT2D eigenvalue weighted by molar-refractivity contribution is -0.245. The molecule has 36 heavy (non-hydrogen) atoms. The molecule has 1 aromatic rings. The molecule has 2 rings (SSSR count). The summed E-state index contributed by atoms with van der Waals surface area (Å²) in [5.74, 6) is -8.43. The lowest BCUT2D eigenvalue weighted by atomic mass is 9.84. The summed E-state index contributed by atoms with van der Waals surface area (Å²) < 4.78 is 184. The van der Waals surface area contributed by atoms with Crippen molar-refractivity contribution in [3.63, 3.8) is 0 Å². The maximum atomic E-state index is 14.2. The van der Waals surface area contributed by atoms with Gasteiger partial charge in [-0.25, -0.2) is 16.8 Å². The quantitative estimate of drug-likeness (QED) is 0.278. The molecule has 1 aliphatic carbocycles. The van der Waals surface area contributed by atoms with Crippen LogP contribution in [0.25, 0.3) is 4.13 Å². The minimum atomic E-state index is -7.72. The van der Waals surface area contributed by atoms with Crippen LogP contribution in [0.3, 0.4) is 0 Å². The van der Waals surface area contributed by atoms with Crippen molar-refractivity contribution in [3.05, 3.63) is 34.0 Å². The zero-order valence-electron chi connectivity index (χ0n) is 18.0. The lowest BCUT2D eigenvalue weighted by Gasteiger charge is -2.35. The van der Waals surface area contributed by atoms with Crippen molar-refractivity contribution in [1.82, 2.24) is 0 Å². The van der Waals surface area contributed by atoms with Crippen molar-refractivity contribution >= 4 is 30.2 Å². The Kier molecular flexibility index (Phi) is 8.08. The van der Waals surface area contributed by atoms with E-state index < -0.39 is 64.5 Å². The highest BCUT2D eigenvalue weighted by molar-refractivity contribution is 8.13. The highest BCUT2D eigenvalue weighted by Crippen LogP contribution is 2.53. The molecule has 8 nitrogen and oxygen atoms in total. The molecule has 208 valence electrons. The van der Waals surface area contributed by atoms with Crippen LogP contribution in [-0.2, 0) is 30.2 Å². The number of hydrogen-bond acceptors (Lipinski definition) is 7. The van der Waals surface area contributed by atoms with E-state index in [1.165, 1.54) is 12.1 Å². The zero-order chi connectivity index (χ0) is 28.0. The van der Waals surface area contributed by atoms with Gasteiger partial charge in [0.25, 0.3) is 0 Å². The Balaban J connectivity index is 2.36. The van der Waals surface area contributed by atoms with Gasteiger partial charge in [0.2, 0.25) is 0 Å². The smallest absolute Gasteiger partial charge is 0.426 e. The molecule has 1 saturated carbocycles. The van der Waals surface area contributed by atoms with Gasteiger partial charge >= 0.3 is 31.8 Å². The minimum absolute atomic E-state index is 0.0367. The zero-order valence-corrected chi connectivity index (χ0v) is 20.4. The Morgan fingerprint density at radius 2 is 1.22 bits per heavy atom. The molecule has 1 aliphatic rings. The van der Waals surface area contributed by atoms with Gasteiger partial charge in [0.1, 0.15) is 15.8 Å². The fourth-order valence-electron chi connectivity index (χ4n) is 3.14. The van der Waals surface area contributed by atoms with Crippen LogP contribution >= 0.6 is 0 Å². The standard InChI is InChI=1S/C17H18F8NO7S3/c1-14(18,19)34(27,28)26-35(29,30)16(22,23)15(20,21)17(24,25)36(31,32)33-13-9-7-12(8-10-13)11-5-3-2-4-6-11/h7-11H,2-6H2,1H3/q-1. The van der Waals surface area contributed by atoms with Crippen LogP contribution in [0.5, 0.6) is 5.75 Å². The fourth-order valence-corrected chi connectivity index (χ4v) is 6.50. The SMILES string of the molecule is CC(F)(F)S(=O)(=O)[N-]S(=O)(=O)C(F)(F)C(F)(F)C(F)(F)S(=O)(=O)Oc1ccc(C2CCCCC2)cc1. The summed E-state index contributed by atoms with van der Waals surface area (Å²) in [5, 5.41) is -19.5. The van der Waals surface area contributed by atoms with Crippen molar-refractivity contribution in [1.29, 1.82) is 0 Å². The molecule has 0 aliphatic heterocycles. The van der Waals surface area contributed by atoms with E-state index in [0.29, 0.717) is 5.56 Å². The highest BCUT2D eigenvalue weighted by Gasteiger charge is 2.81. The van der Waals surface area contributed by atoms with E-state index >= 15 is 0 Å². The van der Waals surface area contributed by atoms with Crippen LogP contribution in [0.2, 0.25) is 0 Å². The molecule has 0 saturated heterocycles. The molecule has 0 aromatic heterocycles. The van der Waals surface area contributed by atoms with Gasteiger partial charge in [-0.3, -0.25) is 0 Å². The second-order valence-electron chi connectivity index (χ2n) is 7.88. The van der Waals surface area contributed by atoms with E-state index in [1.54, 1.807) is 0 Å². The maximum Gasteiger partial charge on any atom is 0.450 e. The number of alkyl halides is 8. The van der Waals surface area contributed by atoms with Gasteiger partial charge in [0, 0.05) is 6.92 Å². The predicted molar refractivity (Wildman–Crippen MR) is 108 cm³/mol. The fraction of sp³-hybridized carbons (Fsp3) is 0.647. The van der Waals surface area contributed by atoms with Gasteiger partial charge in [0.05, 0.1) is 0 Å². The topological polar surface area (TPSA) is 126 Å². The molecule has 0 N–H and O–H groups in total. The molecule has 0 atom stereocenters. The van der Waals surface area contributed by atoms with Crippen LogP contribution in [0.4, 0.5) is 35.1 Å². The van der Waals surface area contributed by atoms with Crippen molar-refractivity contribution < 1.29 is 64.6 Å². The van der Waals surface area contributed by atoms with Crippen LogP contribution in [-0.4, -0.2) is 46.9 Å². The summed E-state index contributed by atoms with van der Waals surface area (Å²) >= 11 is 0. The molecule has 0 unspecified atom stereocenters. The van der Waals surface area contributed by atoms with Gasteiger partial charge < -0.3 is 8.31 Å². The normalized spacial score (nSPS) is 17.7. The first-order valence-electron chi connectivity index (χ1n) is 9.79. The third-order valence-electron chi connectivity index (χ3n) is 5.18. The number of nitrogens with zero attached hydrogens (tertiary/aromatic N) is 1. The molecule has 0 spiro atoms. The number of halogens is 8. The first-order valence-corrected chi connectivity index (χ1v) is 14.1. The van der Waals surface area contributed by atoms with Crippen LogP contribution < -0.4 is 4.18 Å². The first-order chi connectivity index (χ1) is 16.0.